The van der Waals surface area contributed by atoms with Crippen molar-refractivity contribution < 1.29 is 9.53 Å². The van der Waals surface area contributed by atoms with Crippen molar-refractivity contribution in [2.75, 3.05) is 5.32 Å². The van der Waals surface area contributed by atoms with Gasteiger partial charge in [0.25, 0.3) is 5.91 Å². The summed E-state index contributed by atoms with van der Waals surface area (Å²) in [5.74, 6) is 1.27. The van der Waals surface area contributed by atoms with Crippen molar-refractivity contribution in [3.63, 3.8) is 0 Å². The molecule has 0 unspecified atom stereocenters. The molecule has 0 saturated carbocycles. The monoisotopic (exact) mass is 454 g/mol. The molecule has 1 heterocycles. The number of para-hydroxylation sites is 1. The average Bonchev–Trinajstić information content (AvgIpc) is 2.99. The highest BCUT2D eigenvalue weighted by Gasteiger charge is 2.29. The Morgan fingerprint density at radius 1 is 1.07 bits per heavy atom. The van der Waals surface area contributed by atoms with Gasteiger partial charge in [-0.25, -0.2) is 4.99 Å². The summed E-state index contributed by atoms with van der Waals surface area (Å²) < 4.78 is 6.64. The number of halogens is 2. The number of benzene rings is 3. The third kappa shape index (κ3) is 3.43. The van der Waals surface area contributed by atoms with E-state index in [4.69, 9.17) is 16.3 Å². The van der Waals surface area contributed by atoms with E-state index < -0.39 is 0 Å². The number of aryl methyl sites for hydroxylation is 1. The number of aliphatic imine (C=N–C) groups is 1. The number of carbonyl (C=O) groups is 1. The molecule has 28 heavy (non-hydrogen) atoms. The van der Waals surface area contributed by atoms with Crippen LogP contribution in [-0.4, -0.2) is 11.6 Å². The predicted octanol–water partition coefficient (Wildman–Crippen LogP) is 6.58. The number of hydrogen-bond acceptors (Lipinski definition) is 3. The molecule has 3 aromatic carbocycles. The Hall–Kier alpha value is -2.63. The van der Waals surface area contributed by atoms with Crippen LogP contribution in [0.2, 0.25) is 5.02 Å². The Kier molecular flexibility index (Phi) is 4.96. The van der Waals surface area contributed by atoms with Gasteiger partial charge >= 0.3 is 0 Å². The van der Waals surface area contributed by atoms with Crippen LogP contribution < -0.4 is 10.1 Å². The van der Waals surface area contributed by atoms with E-state index >= 15 is 0 Å². The van der Waals surface area contributed by atoms with Gasteiger partial charge in [0.05, 0.1) is 16.4 Å². The normalized spacial score (nSPS) is 14.1. The highest BCUT2D eigenvalue weighted by molar-refractivity contribution is 9.10. The topological polar surface area (TPSA) is 50.7 Å². The van der Waals surface area contributed by atoms with Gasteiger partial charge < -0.3 is 10.1 Å². The Bertz CT molecular complexity index is 1120. The molecule has 0 spiro atoms. The van der Waals surface area contributed by atoms with Crippen molar-refractivity contribution in [2.24, 2.45) is 4.99 Å². The molecule has 0 aromatic heterocycles. The summed E-state index contributed by atoms with van der Waals surface area (Å²) in [6.07, 6.45) is 0. The third-order valence-electron chi connectivity index (χ3n) is 4.56. The number of amides is 1. The molecule has 1 aliphatic heterocycles. The fourth-order valence-corrected chi connectivity index (χ4v) is 3.70. The second-order valence-electron chi connectivity index (χ2n) is 6.50. The number of nitrogens with zero attached hydrogens (tertiary/aromatic N) is 1. The summed E-state index contributed by atoms with van der Waals surface area (Å²) in [4.78, 5) is 17.0. The van der Waals surface area contributed by atoms with Crippen molar-refractivity contribution in [2.45, 2.75) is 13.8 Å². The Labute approximate surface area is 176 Å². The second-order valence-corrected chi connectivity index (χ2v) is 7.73. The van der Waals surface area contributed by atoms with Gasteiger partial charge in [-0.15, -0.1) is 0 Å². The summed E-state index contributed by atoms with van der Waals surface area (Å²) in [5, 5.41) is 3.44. The number of rotatable bonds is 3. The van der Waals surface area contributed by atoms with Gasteiger partial charge in [-0.1, -0.05) is 29.8 Å². The zero-order chi connectivity index (χ0) is 19.8. The van der Waals surface area contributed by atoms with Crippen LogP contribution in [0, 0.1) is 13.8 Å². The summed E-state index contributed by atoms with van der Waals surface area (Å²) in [6, 6.07) is 17.0. The molecule has 0 bridgehead atoms. The first kappa shape index (κ1) is 18.7. The number of nitrogens with one attached hydrogen (secondary N) is 1. The quantitative estimate of drug-likeness (QED) is 0.484. The Balaban J connectivity index is 1.64. The number of hydrogen-bond donors (Lipinski definition) is 1. The maximum absolute atomic E-state index is 12.4. The molecule has 4 rings (SSSR count). The largest absolute Gasteiger partial charge is 0.457 e. The lowest BCUT2D eigenvalue weighted by Crippen LogP contribution is -2.13. The molecule has 0 fully saturated rings. The van der Waals surface area contributed by atoms with Crippen LogP contribution in [0.4, 0.5) is 11.4 Å². The minimum atomic E-state index is -0.243. The van der Waals surface area contributed by atoms with Gasteiger partial charge in [0.2, 0.25) is 0 Å². The molecule has 0 atom stereocenters. The number of ether oxygens (including phenoxy) is 1. The van der Waals surface area contributed by atoms with Crippen molar-refractivity contribution in [3.8, 4) is 11.5 Å². The molecule has 0 saturated heterocycles. The molecular formula is C22H16BrClN2O2. The number of fused-ring (bicyclic) bond motifs is 1. The minimum Gasteiger partial charge on any atom is -0.457 e. The zero-order valence-corrected chi connectivity index (χ0v) is 17.6. The molecule has 140 valence electrons. The highest BCUT2D eigenvalue weighted by atomic mass is 79.9. The molecule has 1 N–H and O–H groups in total. The standard InChI is InChI=1S/C22H16BrClN2O2/c1-12-5-3-4-6-18(12)28-15-9-7-14(8-10-15)25-21-16-11-17(23)19(24)13(2)20(16)26-22(21)27/h3-11H,1-2H3,(H,25,26,27). The average molecular weight is 456 g/mol. The van der Waals surface area contributed by atoms with E-state index in [-0.39, 0.29) is 5.91 Å². The zero-order valence-electron chi connectivity index (χ0n) is 15.2. The predicted molar refractivity (Wildman–Crippen MR) is 116 cm³/mol. The van der Waals surface area contributed by atoms with Crippen molar-refractivity contribution in [1.82, 2.24) is 0 Å². The first-order valence-corrected chi connectivity index (χ1v) is 9.83. The lowest BCUT2D eigenvalue weighted by Gasteiger charge is -2.08. The van der Waals surface area contributed by atoms with Crippen LogP contribution in [0.5, 0.6) is 11.5 Å². The lowest BCUT2D eigenvalue weighted by atomic mass is 10.1. The first-order valence-electron chi connectivity index (χ1n) is 8.66. The van der Waals surface area contributed by atoms with Crippen LogP contribution in [-0.2, 0) is 4.79 Å². The van der Waals surface area contributed by atoms with E-state index in [1.165, 1.54) is 0 Å². The summed E-state index contributed by atoms with van der Waals surface area (Å²) in [6.45, 7) is 3.87. The van der Waals surface area contributed by atoms with Gasteiger partial charge in [-0.2, -0.15) is 0 Å². The maximum atomic E-state index is 12.4. The first-order chi connectivity index (χ1) is 13.4. The van der Waals surface area contributed by atoms with Crippen LogP contribution >= 0.6 is 27.5 Å². The van der Waals surface area contributed by atoms with Gasteiger partial charge in [-0.05, 0) is 77.3 Å². The van der Waals surface area contributed by atoms with E-state index in [0.717, 1.165) is 26.9 Å². The van der Waals surface area contributed by atoms with Crippen molar-refractivity contribution in [3.05, 3.63) is 80.8 Å². The minimum absolute atomic E-state index is 0.243. The molecule has 4 nitrogen and oxygen atoms in total. The van der Waals surface area contributed by atoms with E-state index in [2.05, 4.69) is 26.2 Å². The highest BCUT2D eigenvalue weighted by Crippen LogP contribution is 2.38. The smallest absolute Gasteiger partial charge is 0.275 e. The summed E-state index contributed by atoms with van der Waals surface area (Å²) in [7, 11) is 0. The van der Waals surface area contributed by atoms with Gasteiger partial charge in [-0.3, -0.25) is 4.79 Å². The van der Waals surface area contributed by atoms with E-state index in [1.54, 1.807) is 0 Å². The van der Waals surface area contributed by atoms with E-state index in [9.17, 15) is 4.79 Å². The molecule has 1 amide bonds. The fourth-order valence-electron chi connectivity index (χ4n) is 3.02. The van der Waals surface area contributed by atoms with Gasteiger partial charge in [0.1, 0.15) is 17.2 Å². The van der Waals surface area contributed by atoms with Crippen LogP contribution in [0.25, 0.3) is 0 Å². The van der Waals surface area contributed by atoms with Crippen molar-refractivity contribution in [1.29, 1.82) is 0 Å². The van der Waals surface area contributed by atoms with Gasteiger partial charge in [0, 0.05) is 10.0 Å². The van der Waals surface area contributed by atoms with Crippen LogP contribution in [0.15, 0.2) is 64.1 Å². The molecule has 0 aliphatic carbocycles. The molecular weight excluding hydrogens is 440 g/mol. The van der Waals surface area contributed by atoms with E-state index in [0.29, 0.717) is 27.9 Å². The summed E-state index contributed by atoms with van der Waals surface area (Å²) >= 11 is 9.70. The molecule has 1 aliphatic rings. The van der Waals surface area contributed by atoms with Crippen LogP contribution in [0.1, 0.15) is 16.7 Å². The van der Waals surface area contributed by atoms with Gasteiger partial charge in [0.15, 0.2) is 0 Å². The maximum Gasteiger partial charge on any atom is 0.275 e. The van der Waals surface area contributed by atoms with Crippen LogP contribution in [0.3, 0.4) is 0 Å². The lowest BCUT2D eigenvalue weighted by molar-refractivity contribution is -0.110. The molecule has 3 aromatic rings. The molecule has 6 heteroatoms. The second kappa shape index (κ2) is 7.41. The third-order valence-corrected chi connectivity index (χ3v) is 5.90. The SMILES string of the molecule is Cc1ccccc1Oc1ccc(N=C2C(=O)Nc3c2cc(Br)c(Cl)c3C)cc1. The summed E-state index contributed by atoms with van der Waals surface area (Å²) in [5.41, 5.74) is 4.34. The van der Waals surface area contributed by atoms with E-state index in [1.807, 2.05) is 68.4 Å². The number of carbonyl (C=O) groups excluding carboxylic acids is 1. The van der Waals surface area contributed by atoms with Crippen molar-refractivity contribution >= 4 is 50.5 Å². The number of anilines is 1. The molecule has 0 radical (unpaired) electrons. The Morgan fingerprint density at radius 3 is 2.50 bits per heavy atom. The Morgan fingerprint density at radius 2 is 1.79 bits per heavy atom. The fraction of sp³-hybridized carbons (Fsp3) is 0.0909.